The van der Waals surface area contributed by atoms with E-state index in [1.807, 2.05) is 39.8 Å². The van der Waals surface area contributed by atoms with Crippen LogP contribution in [0.2, 0.25) is 0 Å². The smallest absolute Gasteiger partial charge is 0.363 e. The van der Waals surface area contributed by atoms with Crippen molar-refractivity contribution in [2.45, 2.75) is 38.9 Å². The molecular formula is C8H14Cl2O2Si. The number of rotatable bonds is 0. The summed E-state index contributed by atoms with van der Waals surface area (Å²) in [5.41, 5.74) is -0.910. The lowest BCUT2D eigenvalue weighted by Gasteiger charge is -2.28. The predicted octanol–water partition coefficient (Wildman–Crippen LogP) is 3.06. The molecule has 1 aliphatic rings. The maximum atomic E-state index is 5.97. The monoisotopic (exact) mass is 240 g/mol. The summed E-state index contributed by atoms with van der Waals surface area (Å²) >= 11 is 11.9. The SMILES string of the molecule is CC1(C)C=CC(C)(C)O[Si](Cl)(Cl)O1. The molecule has 0 saturated carbocycles. The van der Waals surface area contributed by atoms with Gasteiger partial charge in [0.05, 0.1) is 11.2 Å². The average Bonchev–Trinajstić information content (AvgIpc) is 1.83. The van der Waals surface area contributed by atoms with Gasteiger partial charge in [-0.05, 0) is 27.7 Å². The van der Waals surface area contributed by atoms with E-state index in [4.69, 9.17) is 31.0 Å². The van der Waals surface area contributed by atoms with Gasteiger partial charge in [0.2, 0.25) is 0 Å². The molecule has 1 heterocycles. The zero-order valence-corrected chi connectivity index (χ0v) is 10.7. The van der Waals surface area contributed by atoms with Gasteiger partial charge in [-0.15, -0.1) is 0 Å². The van der Waals surface area contributed by atoms with Crippen molar-refractivity contribution in [3.8, 4) is 0 Å². The molecule has 0 unspecified atom stereocenters. The van der Waals surface area contributed by atoms with Crippen molar-refractivity contribution in [1.29, 1.82) is 0 Å². The van der Waals surface area contributed by atoms with Crippen molar-refractivity contribution < 1.29 is 8.85 Å². The van der Waals surface area contributed by atoms with E-state index >= 15 is 0 Å². The quantitative estimate of drug-likeness (QED) is 0.368. The van der Waals surface area contributed by atoms with E-state index in [0.29, 0.717) is 0 Å². The fraction of sp³-hybridized carbons (Fsp3) is 0.750. The van der Waals surface area contributed by atoms with Crippen LogP contribution in [0.1, 0.15) is 27.7 Å². The van der Waals surface area contributed by atoms with Crippen molar-refractivity contribution in [3.05, 3.63) is 12.2 Å². The third-order valence-electron chi connectivity index (χ3n) is 1.65. The van der Waals surface area contributed by atoms with E-state index in [-0.39, 0.29) is 0 Å². The molecule has 5 heteroatoms. The first-order valence-corrected chi connectivity index (χ1v) is 7.95. The predicted molar refractivity (Wildman–Crippen MR) is 56.9 cm³/mol. The summed E-state index contributed by atoms with van der Waals surface area (Å²) in [7, 11) is -3.03. The lowest BCUT2D eigenvalue weighted by Crippen LogP contribution is -2.41. The molecule has 0 N–H and O–H groups in total. The van der Waals surface area contributed by atoms with Gasteiger partial charge < -0.3 is 8.85 Å². The summed E-state index contributed by atoms with van der Waals surface area (Å²) in [4.78, 5) is 0. The summed E-state index contributed by atoms with van der Waals surface area (Å²) < 4.78 is 11.0. The second-order valence-electron chi connectivity index (χ2n) is 4.21. The topological polar surface area (TPSA) is 18.5 Å². The minimum absolute atomic E-state index is 0.455. The molecule has 2 nitrogen and oxygen atoms in total. The summed E-state index contributed by atoms with van der Waals surface area (Å²) in [5, 5.41) is 0. The van der Waals surface area contributed by atoms with Crippen LogP contribution in [0.5, 0.6) is 0 Å². The minimum atomic E-state index is -3.03. The number of hydrogen-bond acceptors (Lipinski definition) is 2. The van der Waals surface area contributed by atoms with E-state index in [0.717, 1.165) is 0 Å². The van der Waals surface area contributed by atoms with Crippen LogP contribution in [-0.2, 0) is 8.85 Å². The van der Waals surface area contributed by atoms with Crippen LogP contribution < -0.4 is 0 Å². The van der Waals surface area contributed by atoms with Gasteiger partial charge >= 0.3 is 7.18 Å². The summed E-state index contributed by atoms with van der Waals surface area (Å²) in [5.74, 6) is 0. The molecule has 0 bridgehead atoms. The van der Waals surface area contributed by atoms with E-state index in [2.05, 4.69) is 0 Å². The standard InChI is InChI=1S/C8H14Cl2O2Si/c1-7(2)5-6-8(3,4)12-13(9,10)11-7/h5-6H,1-4H3. The molecule has 0 fully saturated rings. The van der Waals surface area contributed by atoms with Gasteiger partial charge in [-0.25, -0.2) is 0 Å². The molecule has 0 amide bonds. The van der Waals surface area contributed by atoms with E-state index in [1.54, 1.807) is 0 Å². The molecule has 0 saturated heterocycles. The van der Waals surface area contributed by atoms with Gasteiger partial charge in [-0.2, -0.15) is 0 Å². The Morgan fingerprint density at radius 1 is 0.923 bits per heavy atom. The van der Waals surface area contributed by atoms with Crippen LogP contribution in [0.15, 0.2) is 12.2 Å². The van der Waals surface area contributed by atoms with Crippen LogP contribution in [0.25, 0.3) is 0 Å². The highest BCUT2D eigenvalue weighted by Gasteiger charge is 2.45. The lowest BCUT2D eigenvalue weighted by atomic mass is 10.0. The Kier molecular flexibility index (Phi) is 2.88. The van der Waals surface area contributed by atoms with Crippen molar-refractivity contribution in [2.24, 2.45) is 0 Å². The highest BCUT2D eigenvalue weighted by atomic mass is 35.7. The van der Waals surface area contributed by atoms with Crippen LogP contribution in [0, 0.1) is 0 Å². The molecule has 0 aliphatic carbocycles. The first-order chi connectivity index (χ1) is 5.62. The zero-order chi connectivity index (χ0) is 10.3. The average molecular weight is 241 g/mol. The highest BCUT2D eigenvalue weighted by molar-refractivity contribution is 7.39. The molecule has 0 radical (unpaired) electrons. The van der Waals surface area contributed by atoms with Gasteiger partial charge in [0.1, 0.15) is 0 Å². The first-order valence-electron chi connectivity index (χ1n) is 4.11. The van der Waals surface area contributed by atoms with E-state index < -0.39 is 18.4 Å². The summed E-state index contributed by atoms with van der Waals surface area (Å²) in [6, 6.07) is 0. The van der Waals surface area contributed by atoms with Gasteiger partial charge in [-0.1, -0.05) is 34.3 Å². The zero-order valence-electron chi connectivity index (χ0n) is 8.23. The third-order valence-corrected chi connectivity index (χ3v) is 4.10. The Balaban J connectivity index is 2.95. The maximum absolute atomic E-state index is 5.97. The molecule has 0 aromatic carbocycles. The van der Waals surface area contributed by atoms with Crippen LogP contribution >= 0.6 is 22.2 Å². The fourth-order valence-electron chi connectivity index (χ4n) is 1.10. The Morgan fingerprint density at radius 2 is 1.23 bits per heavy atom. The normalized spacial score (nSPS) is 29.7. The van der Waals surface area contributed by atoms with Crippen molar-refractivity contribution in [2.75, 3.05) is 0 Å². The first kappa shape index (κ1) is 11.5. The molecular weight excluding hydrogens is 227 g/mol. The molecule has 76 valence electrons. The number of halogens is 2. The Labute approximate surface area is 89.5 Å². The highest BCUT2D eigenvalue weighted by Crippen LogP contribution is 2.34. The molecule has 0 spiro atoms. The Bertz CT molecular complexity index is 214. The van der Waals surface area contributed by atoms with Crippen molar-refractivity contribution >= 4 is 29.3 Å². The lowest BCUT2D eigenvalue weighted by molar-refractivity contribution is 0.0808. The Morgan fingerprint density at radius 3 is 1.54 bits per heavy atom. The Hall–Kier alpha value is 0.457. The van der Waals surface area contributed by atoms with Crippen LogP contribution in [0.4, 0.5) is 0 Å². The maximum Gasteiger partial charge on any atom is 0.552 e. The largest absolute Gasteiger partial charge is 0.552 e. The minimum Gasteiger partial charge on any atom is -0.363 e. The van der Waals surface area contributed by atoms with Gasteiger partial charge in [0, 0.05) is 0 Å². The molecule has 0 atom stereocenters. The molecule has 0 aromatic rings. The van der Waals surface area contributed by atoms with Gasteiger partial charge in [0.25, 0.3) is 0 Å². The molecule has 1 rings (SSSR count). The van der Waals surface area contributed by atoms with Gasteiger partial charge in [0.15, 0.2) is 0 Å². The van der Waals surface area contributed by atoms with Crippen LogP contribution in [0.3, 0.4) is 0 Å². The molecule has 13 heavy (non-hydrogen) atoms. The van der Waals surface area contributed by atoms with Crippen LogP contribution in [-0.4, -0.2) is 18.4 Å². The van der Waals surface area contributed by atoms with Crippen molar-refractivity contribution in [3.63, 3.8) is 0 Å². The molecule has 1 aliphatic heterocycles. The third kappa shape index (κ3) is 3.60. The van der Waals surface area contributed by atoms with Gasteiger partial charge in [-0.3, -0.25) is 0 Å². The summed E-state index contributed by atoms with van der Waals surface area (Å²) in [6.07, 6.45) is 3.85. The fourth-order valence-corrected chi connectivity index (χ4v) is 4.89. The van der Waals surface area contributed by atoms with E-state index in [9.17, 15) is 0 Å². The van der Waals surface area contributed by atoms with E-state index in [1.165, 1.54) is 0 Å². The van der Waals surface area contributed by atoms with Crippen molar-refractivity contribution in [1.82, 2.24) is 0 Å². The second kappa shape index (κ2) is 3.24. The summed E-state index contributed by atoms with van der Waals surface area (Å²) in [6.45, 7) is 7.61. The molecule has 0 aromatic heterocycles. The second-order valence-corrected chi connectivity index (χ2v) is 9.11. The number of hydrogen-bond donors (Lipinski definition) is 0.